The molecule has 4 heteroatoms. The maximum Gasteiger partial charge on any atom is 0.134 e. The molecule has 80 valence electrons. The highest BCUT2D eigenvalue weighted by Crippen LogP contribution is 2.35. The lowest BCUT2D eigenvalue weighted by atomic mass is 9.98. The molecule has 3 nitrogen and oxygen atoms in total. The Bertz CT molecular complexity index is 281. The van der Waals surface area contributed by atoms with E-state index in [0.29, 0.717) is 12.4 Å². The summed E-state index contributed by atoms with van der Waals surface area (Å²) in [5.41, 5.74) is 5.40. The molecule has 0 aliphatic rings. The Morgan fingerprint density at radius 1 is 1.43 bits per heavy atom. The lowest BCUT2D eigenvalue weighted by Crippen LogP contribution is -2.28. The Morgan fingerprint density at radius 3 is 2.43 bits per heavy atom. The summed E-state index contributed by atoms with van der Waals surface area (Å²) >= 11 is 1.58. The Hall–Kier alpha value is -0.610. The Labute approximate surface area is 89.3 Å². The molecule has 0 unspecified atom stereocenters. The minimum atomic E-state index is -0.225. The number of nitrogen functional groups attached to an aromatic ring is 1. The molecular formula is C10H18N2OS. The number of rotatable bonds is 5. The van der Waals surface area contributed by atoms with E-state index < -0.39 is 0 Å². The fourth-order valence-electron chi connectivity index (χ4n) is 1.59. The SMILES string of the molecule is CCOC(CC)(CC)c1nc(N)cs1. The van der Waals surface area contributed by atoms with Crippen LogP contribution in [0.1, 0.15) is 38.6 Å². The van der Waals surface area contributed by atoms with Crippen LogP contribution in [0, 0.1) is 0 Å². The van der Waals surface area contributed by atoms with Crippen LogP contribution < -0.4 is 5.73 Å². The Kier molecular flexibility index (Phi) is 3.89. The standard InChI is InChI=1S/C10H18N2OS/c1-4-10(5-2,13-6-3)9-12-8(11)7-14-9/h7H,4-6,11H2,1-3H3. The number of thiazole rings is 1. The van der Waals surface area contributed by atoms with Crippen LogP contribution in [0.3, 0.4) is 0 Å². The van der Waals surface area contributed by atoms with E-state index in [2.05, 4.69) is 18.8 Å². The number of ether oxygens (including phenoxy) is 1. The minimum Gasteiger partial charge on any atom is -0.383 e. The molecule has 0 spiro atoms. The molecule has 0 atom stereocenters. The third-order valence-electron chi connectivity index (χ3n) is 2.47. The summed E-state index contributed by atoms with van der Waals surface area (Å²) in [6.45, 7) is 6.96. The fraction of sp³-hybridized carbons (Fsp3) is 0.700. The van der Waals surface area contributed by atoms with Gasteiger partial charge >= 0.3 is 0 Å². The van der Waals surface area contributed by atoms with Crippen molar-refractivity contribution in [2.24, 2.45) is 0 Å². The van der Waals surface area contributed by atoms with Gasteiger partial charge in [0.15, 0.2) is 0 Å². The minimum absolute atomic E-state index is 0.225. The predicted octanol–water partition coefficient (Wildman–Crippen LogP) is 2.78. The average Bonchev–Trinajstić information content (AvgIpc) is 2.62. The topological polar surface area (TPSA) is 48.1 Å². The van der Waals surface area contributed by atoms with Crippen LogP contribution in [0.4, 0.5) is 5.82 Å². The summed E-state index contributed by atoms with van der Waals surface area (Å²) in [7, 11) is 0. The number of nitrogens with two attached hydrogens (primary N) is 1. The maximum absolute atomic E-state index is 5.82. The van der Waals surface area contributed by atoms with Crippen molar-refractivity contribution < 1.29 is 4.74 Å². The van der Waals surface area contributed by atoms with E-state index in [0.717, 1.165) is 17.8 Å². The molecule has 0 bridgehead atoms. The molecule has 2 N–H and O–H groups in total. The van der Waals surface area contributed by atoms with Crippen LogP contribution in [0.5, 0.6) is 0 Å². The molecule has 0 saturated heterocycles. The van der Waals surface area contributed by atoms with Crippen molar-refractivity contribution in [1.29, 1.82) is 0 Å². The van der Waals surface area contributed by atoms with Gasteiger partial charge in [0.1, 0.15) is 16.4 Å². The van der Waals surface area contributed by atoms with Crippen molar-refractivity contribution in [3.8, 4) is 0 Å². The van der Waals surface area contributed by atoms with Gasteiger partial charge in [0, 0.05) is 12.0 Å². The third-order valence-corrected chi connectivity index (χ3v) is 3.52. The van der Waals surface area contributed by atoms with Crippen LogP contribution in [-0.4, -0.2) is 11.6 Å². The van der Waals surface area contributed by atoms with Gasteiger partial charge in [0.25, 0.3) is 0 Å². The largest absolute Gasteiger partial charge is 0.383 e. The summed E-state index contributed by atoms with van der Waals surface area (Å²) < 4.78 is 5.82. The highest BCUT2D eigenvalue weighted by atomic mass is 32.1. The first-order valence-electron chi connectivity index (χ1n) is 5.04. The summed E-state index contributed by atoms with van der Waals surface area (Å²) in [6, 6.07) is 0. The maximum atomic E-state index is 5.82. The molecule has 0 radical (unpaired) electrons. The first-order valence-corrected chi connectivity index (χ1v) is 5.92. The first kappa shape index (κ1) is 11.5. The van der Waals surface area contributed by atoms with E-state index in [-0.39, 0.29) is 5.60 Å². The van der Waals surface area contributed by atoms with E-state index in [1.165, 1.54) is 0 Å². The molecule has 14 heavy (non-hydrogen) atoms. The smallest absolute Gasteiger partial charge is 0.134 e. The van der Waals surface area contributed by atoms with Gasteiger partial charge in [-0.1, -0.05) is 13.8 Å². The van der Waals surface area contributed by atoms with Gasteiger partial charge in [0.2, 0.25) is 0 Å². The van der Waals surface area contributed by atoms with Gasteiger partial charge in [-0.15, -0.1) is 11.3 Å². The molecule has 0 aliphatic carbocycles. The van der Waals surface area contributed by atoms with Crippen LogP contribution in [0.2, 0.25) is 0 Å². The number of aromatic nitrogens is 1. The Balaban J connectivity index is 2.97. The van der Waals surface area contributed by atoms with Crippen molar-refractivity contribution in [2.45, 2.75) is 39.2 Å². The number of nitrogens with zero attached hydrogens (tertiary/aromatic N) is 1. The van der Waals surface area contributed by atoms with Crippen LogP contribution in [0.15, 0.2) is 5.38 Å². The van der Waals surface area contributed by atoms with Crippen LogP contribution in [-0.2, 0) is 10.3 Å². The summed E-state index contributed by atoms with van der Waals surface area (Å²) in [6.07, 6.45) is 1.87. The Morgan fingerprint density at radius 2 is 2.07 bits per heavy atom. The van der Waals surface area contributed by atoms with Gasteiger partial charge in [-0.2, -0.15) is 0 Å². The molecule has 0 saturated carbocycles. The number of hydrogen-bond acceptors (Lipinski definition) is 4. The number of hydrogen-bond donors (Lipinski definition) is 1. The lowest BCUT2D eigenvalue weighted by molar-refractivity contribution is -0.0505. The van der Waals surface area contributed by atoms with Gasteiger partial charge in [0.05, 0.1) is 0 Å². The molecule has 1 aromatic rings. The van der Waals surface area contributed by atoms with E-state index in [4.69, 9.17) is 10.5 Å². The summed E-state index contributed by atoms with van der Waals surface area (Å²) in [5, 5.41) is 2.87. The van der Waals surface area contributed by atoms with Crippen molar-refractivity contribution in [3.05, 3.63) is 10.4 Å². The van der Waals surface area contributed by atoms with Crippen molar-refractivity contribution in [2.75, 3.05) is 12.3 Å². The summed E-state index contributed by atoms with van der Waals surface area (Å²) in [5.74, 6) is 0.593. The zero-order chi connectivity index (χ0) is 10.6. The monoisotopic (exact) mass is 214 g/mol. The quantitative estimate of drug-likeness (QED) is 0.820. The van der Waals surface area contributed by atoms with E-state index >= 15 is 0 Å². The second-order valence-corrected chi connectivity index (χ2v) is 4.07. The normalized spacial score (nSPS) is 11.9. The van der Waals surface area contributed by atoms with Gasteiger partial charge in [-0.3, -0.25) is 0 Å². The second-order valence-electron chi connectivity index (χ2n) is 3.21. The van der Waals surface area contributed by atoms with Crippen LogP contribution in [0.25, 0.3) is 0 Å². The van der Waals surface area contributed by atoms with Crippen molar-refractivity contribution >= 4 is 17.2 Å². The van der Waals surface area contributed by atoms with E-state index in [1.54, 1.807) is 11.3 Å². The lowest BCUT2D eigenvalue weighted by Gasteiger charge is -2.29. The highest BCUT2D eigenvalue weighted by molar-refractivity contribution is 7.10. The number of anilines is 1. The molecule has 0 aliphatic heterocycles. The molecule has 1 rings (SSSR count). The zero-order valence-corrected chi connectivity index (χ0v) is 9.86. The van der Waals surface area contributed by atoms with Crippen LogP contribution >= 0.6 is 11.3 Å². The highest BCUT2D eigenvalue weighted by Gasteiger charge is 2.31. The second kappa shape index (κ2) is 4.75. The molecule has 1 aromatic heterocycles. The van der Waals surface area contributed by atoms with Gasteiger partial charge < -0.3 is 10.5 Å². The zero-order valence-electron chi connectivity index (χ0n) is 9.04. The average molecular weight is 214 g/mol. The van der Waals surface area contributed by atoms with Crippen molar-refractivity contribution in [1.82, 2.24) is 4.98 Å². The third kappa shape index (κ3) is 2.07. The molecule has 0 fully saturated rings. The summed E-state index contributed by atoms with van der Waals surface area (Å²) in [4.78, 5) is 4.31. The fourth-order valence-corrected chi connectivity index (χ4v) is 2.60. The first-order chi connectivity index (χ1) is 6.68. The van der Waals surface area contributed by atoms with E-state index in [9.17, 15) is 0 Å². The van der Waals surface area contributed by atoms with Gasteiger partial charge in [-0.25, -0.2) is 4.98 Å². The van der Waals surface area contributed by atoms with Crippen molar-refractivity contribution in [3.63, 3.8) is 0 Å². The van der Waals surface area contributed by atoms with E-state index in [1.807, 2.05) is 12.3 Å². The molecule has 0 amide bonds. The predicted molar refractivity (Wildman–Crippen MR) is 60.4 cm³/mol. The molecule has 1 heterocycles. The molecular weight excluding hydrogens is 196 g/mol. The van der Waals surface area contributed by atoms with Gasteiger partial charge in [-0.05, 0) is 19.8 Å². The molecule has 0 aromatic carbocycles.